The van der Waals surface area contributed by atoms with Crippen molar-refractivity contribution in [2.24, 2.45) is 0 Å². The molecule has 6 heteroatoms. The van der Waals surface area contributed by atoms with Gasteiger partial charge in [0, 0.05) is 0 Å². The van der Waals surface area contributed by atoms with Crippen LogP contribution in [0.5, 0.6) is 0 Å². The molecule has 56 valence electrons. The van der Waals surface area contributed by atoms with E-state index in [1.165, 1.54) is 0 Å². The van der Waals surface area contributed by atoms with Crippen molar-refractivity contribution >= 4 is 12.6 Å². The zero-order valence-electron chi connectivity index (χ0n) is 4.51. The molecule has 0 aliphatic rings. The molecular formula is C4H2F3NOS. The van der Waals surface area contributed by atoms with Gasteiger partial charge in [0.1, 0.15) is 6.26 Å². The average molecular weight is 169 g/mol. The molecular weight excluding hydrogens is 167 g/mol. The molecule has 0 radical (unpaired) electrons. The number of rotatable bonds is 0. The Hall–Kier alpha value is -0.650. The molecule has 0 fully saturated rings. The smallest absolute Gasteiger partial charge is 0.436 e. The summed E-state index contributed by atoms with van der Waals surface area (Å²) in [6.07, 6.45) is -3.92. The summed E-state index contributed by atoms with van der Waals surface area (Å²) in [4.78, 5) is 2.95. The summed E-state index contributed by atoms with van der Waals surface area (Å²) in [7, 11) is 0. The Balaban J connectivity index is 2.96. The molecule has 1 aromatic rings. The van der Waals surface area contributed by atoms with E-state index in [4.69, 9.17) is 0 Å². The lowest BCUT2D eigenvalue weighted by atomic mass is 10.5. The fourth-order valence-electron chi connectivity index (χ4n) is 0.394. The van der Waals surface area contributed by atoms with E-state index in [1.54, 1.807) is 0 Å². The van der Waals surface area contributed by atoms with Crippen LogP contribution in [0.1, 0.15) is 5.69 Å². The van der Waals surface area contributed by atoms with Gasteiger partial charge in [0.05, 0.1) is 0 Å². The largest absolute Gasteiger partial charge is 0.440 e. The molecule has 0 amide bonds. The highest BCUT2D eigenvalue weighted by atomic mass is 32.1. The van der Waals surface area contributed by atoms with Crippen LogP contribution in [0.3, 0.4) is 0 Å². The summed E-state index contributed by atoms with van der Waals surface area (Å²) in [5.74, 6) is 0. The molecule has 0 unspecified atom stereocenters. The molecule has 0 saturated carbocycles. The number of hydrogen-bond donors (Lipinski definition) is 1. The highest BCUT2D eigenvalue weighted by Gasteiger charge is 2.34. The minimum atomic E-state index is -4.44. The van der Waals surface area contributed by atoms with Crippen molar-refractivity contribution in [2.45, 2.75) is 11.4 Å². The molecule has 0 spiro atoms. The number of hydrogen-bond acceptors (Lipinski definition) is 3. The normalized spacial score (nSPS) is 12.0. The van der Waals surface area contributed by atoms with Crippen LogP contribution >= 0.6 is 12.6 Å². The average Bonchev–Trinajstić information content (AvgIpc) is 2.11. The molecule has 0 bridgehead atoms. The van der Waals surface area contributed by atoms with Crippen LogP contribution in [0.4, 0.5) is 13.2 Å². The van der Waals surface area contributed by atoms with Crippen LogP contribution in [0, 0.1) is 0 Å². The fourth-order valence-corrected chi connectivity index (χ4v) is 0.555. The second kappa shape index (κ2) is 2.19. The van der Waals surface area contributed by atoms with E-state index in [0.29, 0.717) is 6.26 Å². The van der Waals surface area contributed by atoms with Crippen molar-refractivity contribution in [3.63, 3.8) is 0 Å². The van der Waals surface area contributed by atoms with Gasteiger partial charge in [-0.1, -0.05) is 12.6 Å². The SMILES string of the molecule is FC(F)(F)c1coc(S)n1. The van der Waals surface area contributed by atoms with Gasteiger partial charge >= 0.3 is 6.18 Å². The van der Waals surface area contributed by atoms with Gasteiger partial charge in [-0.25, -0.2) is 0 Å². The van der Waals surface area contributed by atoms with E-state index in [-0.39, 0.29) is 5.22 Å². The van der Waals surface area contributed by atoms with Crippen LogP contribution in [-0.2, 0) is 6.18 Å². The van der Waals surface area contributed by atoms with Crippen LogP contribution in [0.15, 0.2) is 15.9 Å². The third-order valence-electron chi connectivity index (χ3n) is 0.782. The fraction of sp³-hybridized carbons (Fsp3) is 0.250. The first-order valence-electron chi connectivity index (χ1n) is 2.22. The lowest BCUT2D eigenvalue weighted by molar-refractivity contribution is -0.141. The monoisotopic (exact) mass is 169 g/mol. The quantitative estimate of drug-likeness (QED) is 0.601. The number of thiol groups is 1. The van der Waals surface area contributed by atoms with E-state index in [2.05, 4.69) is 22.0 Å². The van der Waals surface area contributed by atoms with Crippen LogP contribution in [-0.4, -0.2) is 4.98 Å². The van der Waals surface area contributed by atoms with Gasteiger partial charge in [0.2, 0.25) is 0 Å². The third kappa shape index (κ3) is 1.44. The van der Waals surface area contributed by atoms with E-state index >= 15 is 0 Å². The van der Waals surface area contributed by atoms with Gasteiger partial charge in [0.25, 0.3) is 5.22 Å². The van der Waals surface area contributed by atoms with Crippen molar-refractivity contribution in [3.05, 3.63) is 12.0 Å². The standard InChI is InChI=1S/C4H2F3NOS/c5-4(6,7)2-1-9-3(10)8-2/h1H,(H,8,10). The summed E-state index contributed by atoms with van der Waals surface area (Å²) >= 11 is 3.46. The first-order valence-corrected chi connectivity index (χ1v) is 2.66. The highest BCUT2D eigenvalue weighted by Crippen LogP contribution is 2.28. The van der Waals surface area contributed by atoms with Gasteiger partial charge in [-0.15, -0.1) is 0 Å². The summed E-state index contributed by atoms with van der Waals surface area (Å²) < 4.78 is 39.2. The molecule has 2 nitrogen and oxygen atoms in total. The molecule has 0 aliphatic carbocycles. The van der Waals surface area contributed by atoms with Gasteiger partial charge in [0.15, 0.2) is 5.69 Å². The van der Waals surface area contributed by atoms with Crippen LogP contribution < -0.4 is 0 Å². The maximum absolute atomic E-state index is 11.6. The van der Waals surface area contributed by atoms with Gasteiger partial charge in [-0.3, -0.25) is 0 Å². The first-order chi connectivity index (χ1) is 4.50. The zero-order chi connectivity index (χ0) is 7.78. The van der Waals surface area contributed by atoms with E-state index in [1.807, 2.05) is 0 Å². The molecule has 0 saturated heterocycles. The van der Waals surface area contributed by atoms with Crippen LogP contribution in [0.25, 0.3) is 0 Å². The summed E-state index contributed by atoms with van der Waals surface area (Å²) in [5, 5.41) is -0.285. The van der Waals surface area contributed by atoms with Crippen molar-refractivity contribution in [2.75, 3.05) is 0 Å². The Morgan fingerprint density at radius 1 is 1.50 bits per heavy atom. The predicted octanol–water partition coefficient (Wildman–Crippen LogP) is 1.98. The molecule has 0 N–H and O–H groups in total. The minimum absolute atomic E-state index is 0.285. The van der Waals surface area contributed by atoms with E-state index in [0.717, 1.165) is 0 Å². The number of oxazole rings is 1. The topological polar surface area (TPSA) is 26.0 Å². The zero-order valence-corrected chi connectivity index (χ0v) is 5.41. The van der Waals surface area contributed by atoms with Crippen LogP contribution in [0.2, 0.25) is 0 Å². The van der Waals surface area contributed by atoms with Gasteiger partial charge in [-0.05, 0) is 0 Å². The number of nitrogens with zero attached hydrogens (tertiary/aromatic N) is 1. The lowest BCUT2D eigenvalue weighted by Crippen LogP contribution is -2.04. The Labute approximate surface area is 59.5 Å². The number of halogens is 3. The van der Waals surface area contributed by atoms with Crippen molar-refractivity contribution < 1.29 is 17.6 Å². The third-order valence-corrected chi connectivity index (χ3v) is 0.988. The van der Waals surface area contributed by atoms with Gasteiger partial charge < -0.3 is 4.42 Å². The number of alkyl halides is 3. The van der Waals surface area contributed by atoms with Crippen molar-refractivity contribution in [1.82, 2.24) is 4.98 Å². The Kier molecular flexibility index (Phi) is 1.63. The molecule has 0 aromatic carbocycles. The second-order valence-electron chi connectivity index (χ2n) is 1.51. The van der Waals surface area contributed by atoms with E-state index < -0.39 is 11.9 Å². The Morgan fingerprint density at radius 2 is 2.10 bits per heavy atom. The van der Waals surface area contributed by atoms with Crippen molar-refractivity contribution in [3.8, 4) is 0 Å². The summed E-state index contributed by atoms with van der Waals surface area (Å²) in [5.41, 5.74) is -1.06. The lowest BCUT2D eigenvalue weighted by Gasteiger charge is -1.97. The van der Waals surface area contributed by atoms with Crippen molar-refractivity contribution in [1.29, 1.82) is 0 Å². The Bertz CT molecular complexity index is 231. The summed E-state index contributed by atoms with van der Waals surface area (Å²) in [6.45, 7) is 0. The molecule has 0 atom stereocenters. The summed E-state index contributed by atoms with van der Waals surface area (Å²) in [6, 6.07) is 0. The second-order valence-corrected chi connectivity index (χ2v) is 1.90. The minimum Gasteiger partial charge on any atom is -0.440 e. The molecule has 10 heavy (non-hydrogen) atoms. The molecule has 1 heterocycles. The van der Waals surface area contributed by atoms with Gasteiger partial charge in [-0.2, -0.15) is 18.2 Å². The van der Waals surface area contributed by atoms with E-state index in [9.17, 15) is 13.2 Å². The maximum atomic E-state index is 11.6. The predicted molar refractivity (Wildman–Crippen MR) is 28.8 cm³/mol. The Morgan fingerprint density at radius 3 is 2.30 bits per heavy atom. The maximum Gasteiger partial charge on any atom is 0.436 e. The number of aromatic nitrogens is 1. The first kappa shape index (κ1) is 7.46. The highest BCUT2D eigenvalue weighted by molar-refractivity contribution is 7.80. The molecule has 1 rings (SSSR count). The molecule has 1 aromatic heterocycles. The molecule has 0 aliphatic heterocycles.